The summed E-state index contributed by atoms with van der Waals surface area (Å²) in [5.74, 6) is -1.49. The third-order valence-corrected chi connectivity index (χ3v) is 10.4. The minimum atomic E-state index is -0.716. The Balaban J connectivity index is 2.07. The predicted molar refractivity (Wildman–Crippen MR) is 135 cm³/mol. The third-order valence-electron chi connectivity index (χ3n) is 7.21. The van der Waals surface area contributed by atoms with E-state index in [9.17, 15) is 19.5 Å². The van der Waals surface area contributed by atoms with E-state index in [0.717, 1.165) is 12.8 Å². The maximum absolute atomic E-state index is 14.0. The molecular weight excluding hydrogens is 506 g/mol. The first kappa shape index (κ1) is 26.3. The standard InChI is InChI=1S/C24H36BrN3O4S/c1-6-9-12-27(11-8-3)23(32)20-24-13-16(25)19(33-24)17(21(30)26(5)10-7-2)18(24)22(31)28(20)15(4)14-29/h7-8,15-20,29H,2-3,6,9-14H2,1,4-5H3/t15-,16?,17+,18+,19+,20?,24?/m1/s1. The number of rotatable bonds is 11. The van der Waals surface area contributed by atoms with E-state index in [1.54, 1.807) is 52.6 Å². The Labute approximate surface area is 209 Å². The van der Waals surface area contributed by atoms with Crippen molar-refractivity contribution in [2.45, 2.75) is 60.0 Å². The first-order valence-electron chi connectivity index (χ1n) is 11.7. The van der Waals surface area contributed by atoms with E-state index in [-0.39, 0.29) is 34.4 Å². The van der Waals surface area contributed by atoms with Crippen LogP contribution in [0.1, 0.15) is 33.1 Å². The van der Waals surface area contributed by atoms with Crippen LogP contribution >= 0.6 is 27.7 Å². The fraction of sp³-hybridized carbons (Fsp3) is 0.708. The summed E-state index contributed by atoms with van der Waals surface area (Å²) in [5.41, 5.74) is 0. The average molecular weight is 543 g/mol. The SMILES string of the molecule is C=CCN(C)C(=O)[C@H]1[C@H]2C(=O)N([C@H](C)CO)C(C(=O)N(CC=C)CCCC)C23CC(Br)[C@@H]1S3. The van der Waals surface area contributed by atoms with Crippen molar-refractivity contribution >= 4 is 45.4 Å². The second kappa shape index (κ2) is 10.5. The van der Waals surface area contributed by atoms with Crippen LogP contribution in [0, 0.1) is 11.8 Å². The number of aliphatic hydroxyl groups excluding tert-OH is 1. The lowest BCUT2D eigenvalue weighted by atomic mass is 9.70. The minimum absolute atomic E-state index is 0.0285. The van der Waals surface area contributed by atoms with Crippen LogP contribution in [0.4, 0.5) is 0 Å². The molecule has 0 radical (unpaired) electrons. The molecule has 9 heteroatoms. The van der Waals surface area contributed by atoms with Crippen molar-refractivity contribution in [1.29, 1.82) is 0 Å². The van der Waals surface area contributed by atoms with Gasteiger partial charge in [0, 0.05) is 36.8 Å². The number of nitrogens with zero attached hydrogens (tertiary/aromatic N) is 3. The minimum Gasteiger partial charge on any atom is -0.394 e. The molecule has 3 aliphatic heterocycles. The van der Waals surface area contributed by atoms with Crippen molar-refractivity contribution in [2.75, 3.05) is 33.3 Å². The molecule has 7 atom stereocenters. The lowest BCUT2D eigenvalue weighted by molar-refractivity contribution is -0.146. The number of carbonyl (C=O) groups excluding carboxylic acids is 3. The van der Waals surface area contributed by atoms with E-state index in [1.807, 2.05) is 0 Å². The maximum Gasteiger partial charge on any atom is 0.247 e. The molecule has 33 heavy (non-hydrogen) atoms. The molecule has 2 bridgehead atoms. The number of likely N-dealkylation sites (tertiary alicyclic amines) is 1. The Bertz CT molecular complexity index is 811. The van der Waals surface area contributed by atoms with Crippen LogP contribution < -0.4 is 0 Å². The van der Waals surface area contributed by atoms with Crippen LogP contribution in [0.5, 0.6) is 0 Å². The first-order chi connectivity index (χ1) is 15.7. The monoisotopic (exact) mass is 541 g/mol. The third kappa shape index (κ3) is 4.29. The van der Waals surface area contributed by atoms with Gasteiger partial charge >= 0.3 is 0 Å². The highest BCUT2D eigenvalue weighted by atomic mass is 79.9. The van der Waals surface area contributed by atoms with E-state index in [2.05, 4.69) is 36.0 Å². The second-order valence-electron chi connectivity index (χ2n) is 9.37. The molecule has 184 valence electrons. The smallest absolute Gasteiger partial charge is 0.247 e. The average Bonchev–Trinajstić information content (AvgIpc) is 3.38. The molecule has 0 aromatic rings. The number of hydrogen-bond acceptors (Lipinski definition) is 5. The number of aliphatic hydroxyl groups is 1. The van der Waals surface area contributed by atoms with Crippen molar-refractivity contribution in [3.8, 4) is 0 Å². The van der Waals surface area contributed by atoms with Crippen LogP contribution in [-0.2, 0) is 14.4 Å². The predicted octanol–water partition coefficient (Wildman–Crippen LogP) is 2.29. The molecule has 3 aliphatic rings. The summed E-state index contributed by atoms with van der Waals surface area (Å²) in [6.07, 6.45) is 5.82. The second-order valence-corrected chi connectivity index (χ2v) is 12.1. The van der Waals surface area contributed by atoms with E-state index in [4.69, 9.17) is 0 Å². The molecule has 7 nitrogen and oxygen atoms in total. The summed E-state index contributed by atoms with van der Waals surface area (Å²) in [7, 11) is 1.73. The van der Waals surface area contributed by atoms with Crippen molar-refractivity contribution in [3.63, 3.8) is 0 Å². The fourth-order valence-electron chi connectivity index (χ4n) is 5.70. The number of unbranched alkanes of at least 4 members (excludes halogenated alkanes) is 1. The van der Waals surface area contributed by atoms with Gasteiger partial charge in [0.2, 0.25) is 17.7 Å². The van der Waals surface area contributed by atoms with Gasteiger partial charge in [0.05, 0.1) is 29.2 Å². The zero-order valence-corrected chi connectivity index (χ0v) is 22.2. The molecule has 0 saturated carbocycles. The zero-order chi connectivity index (χ0) is 24.5. The number of halogens is 1. The number of alkyl halides is 1. The fourth-order valence-corrected chi connectivity index (χ4v) is 9.28. The molecule has 0 aromatic carbocycles. The van der Waals surface area contributed by atoms with Crippen molar-refractivity contribution in [1.82, 2.24) is 14.7 Å². The molecule has 1 spiro atoms. The number of hydrogen-bond donors (Lipinski definition) is 1. The Morgan fingerprint density at radius 2 is 2.00 bits per heavy atom. The lowest BCUT2D eigenvalue weighted by Crippen LogP contribution is -2.57. The Hall–Kier alpha value is -1.32. The Morgan fingerprint density at radius 1 is 1.33 bits per heavy atom. The molecule has 0 aromatic heterocycles. The van der Waals surface area contributed by atoms with Gasteiger partial charge in [-0.15, -0.1) is 24.9 Å². The van der Waals surface area contributed by atoms with Gasteiger partial charge in [-0.1, -0.05) is 41.4 Å². The van der Waals surface area contributed by atoms with Gasteiger partial charge in [0.15, 0.2) is 0 Å². The molecule has 0 aliphatic carbocycles. The summed E-state index contributed by atoms with van der Waals surface area (Å²) in [5, 5.41) is 9.89. The highest BCUT2D eigenvalue weighted by Gasteiger charge is 2.76. The topological polar surface area (TPSA) is 81.2 Å². The number of fused-ring (bicyclic) bond motifs is 1. The van der Waals surface area contributed by atoms with E-state index in [1.165, 1.54) is 0 Å². The van der Waals surface area contributed by atoms with Gasteiger partial charge < -0.3 is 19.8 Å². The van der Waals surface area contributed by atoms with Crippen LogP contribution in [0.3, 0.4) is 0 Å². The lowest BCUT2D eigenvalue weighted by Gasteiger charge is -2.39. The van der Waals surface area contributed by atoms with E-state index < -0.39 is 28.7 Å². The van der Waals surface area contributed by atoms with Gasteiger partial charge in [-0.3, -0.25) is 14.4 Å². The van der Waals surface area contributed by atoms with Gasteiger partial charge in [-0.05, 0) is 19.8 Å². The largest absolute Gasteiger partial charge is 0.394 e. The van der Waals surface area contributed by atoms with Crippen LogP contribution in [-0.4, -0.2) is 97.7 Å². The number of likely N-dealkylation sites (N-methyl/N-ethyl adjacent to an activating group) is 1. The normalized spacial score (nSPS) is 33.1. The Kier molecular flexibility index (Phi) is 8.38. The summed E-state index contributed by atoms with van der Waals surface area (Å²) in [4.78, 5) is 46.4. The van der Waals surface area contributed by atoms with E-state index >= 15 is 0 Å². The van der Waals surface area contributed by atoms with Crippen molar-refractivity contribution < 1.29 is 19.5 Å². The van der Waals surface area contributed by atoms with Crippen LogP contribution in [0.15, 0.2) is 25.3 Å². The summed E-state index contributed by atoms with van der Waals surface area (Å²) in [6, 6.07) is -1.23. The highest BCUT2D eigenvalue weighted by Crippen LogP contribution is 2.68. The summed E-state index contributed by atoms with van der Waals surface area (Å²) >= 11 is 5.39. The van der Waals surface area contributed by atoms with Gasteiger partial charge in [-0.25, -0.2) is 0 Å². The molecule has 1 N–H and O–H groups in total. The quantitative estimate of drug-likeness (QED) is 0.320. The number of thioether (sulfide) groups is 1. The molecule has 3 heterocycles. The molecular formula is C24H36BrN3O4S. The summed E-state index contributed by atoms with van der Waals surface area (Å²) in [6.45, 7) is 12.5. The molecule has 3 fully saturated rings. The van der Waals surface area contributed by atoms with Crippen molar-refractivity contribution in [3.05, 3.63) is 25.3 Å². The zero-order valence-electron chi connectivity index (χ0n) is 19.8. The van der Waals surface area contributed by atoms with Gasteiger partial charge in [-0.2, -0.15) is 0 Å². The molecule has 3 amide bonds. The number of carbonyl (C=O) groups is 3. The molecule has 3 saturated heterocycles. The molecule has 3 unspecified atom stereocenters. The molecule has 3 rings (SSSR count). The van der Waals surface area contributed by atoms with E-state index in [0.29, 0.717) is 26.1 Å². The number of amides is 3. The summed E-state index contributed by atoms with van der Waals surface area (Å²) < 4.78 is -0.697. The highest BCUT2D eigenvalue weighted by molar-refractivity contribution is 9.09. The first-order valence-corrected chi connectivity index (χ1v) is 13.5. The van der Waals surface area contributed by atoms with Gasteiger partial charge in [0.1, 0.15) is 6.04 Å². The van der Waals surface area contributed by atoms with Crippen LogP contribution in [0.2, 0.25) is 0 Å². The van der Waals surface area contributed by atoms with Gasteiger partial charge in [0.25, 0.3) is 0 Å². The van der Waals surface area contributed by atoms with Crippen molar-refractivity contribution in [2.24, 2.45) is 11.8 Å². The maximum atomic E-state index is 14.0. The Morgan fingerprint density at radius 3 is 2.58 bits per heavy atom. The van der Waals surface area contributed by atoms with Crippen LogP contribution in [0.25, 0.3) is 0 Å².